The summed E-state index contributed by atoms with van der Waals surface area (Å²) in [5.74, 6) is 1.11. The van der Waals surface area contributed by atoms with Crippen molar-refractivity contribution in [2.24, 2.45) is 5.73 Å². The third-order valence-electron chi connectivity index (χ3n) is 4.02. The lowest BCUT2D eigenvalue weighted by Gasteiger charge is -2.37. The van der Waals surface area contributed by atoms with Crippen molar-refractivity contribution >= 4 is 5.82 Å². The molecule has 1 aromatic heterocycles. The Kier molecular flexibility index (Phi) is 4.77. The molecule has 4 heteroatoms. The van der Waals surface area contributed by atoms with Crippen LogP contribution >= 0.6 is 0 Å². The molecule has 0 spiro atoms. The van der Waals surface area contributed by atoms with Crippen molar-refractivity contribution in [2.75, 3.05) is 38.6 Å². The molecular weight excluding hydrogens is 236 g/mol. The summed E-state index contributed by atoms with van der Waals surface area (Å²) >= 11 is 0. The van der Waals surface area contributed by atoms with Gasteiger partial charge in [-0.15, -0.1) is 0 Å². The predicted octanol–water partition coefficient (Wildman–Crippen LogP) is 1.42. The van der Waals surface area contributed by atoms with E-state index in [4.69, 9.17) is 5.73 Å². The van der Waals surface area contributed by atoms with E-state index in [1.54, 1.807) is 0 Å². The second kappa shape index (κ2) is 6.35. The summed E-state index contributed by atoms with van der Waals surface area (Å²) in [4.78, 5) is 9.40. The van der Waals surface area contributed by atoms with Crippen LogP contribution in [0.15, 0.2) is 12.3 Å². The lowest BCUT2D eigenvalue weighted by Crippen LogP contribution is -2.45. The molecule has 1 saturated heterocycles. The average Bonchev–Trinajstić information content (AvgIpc) is 2.38. The van der Waals surface area contributed by atoms with Crippen LogP contribution in [0.3, 0.4) is 0 Å². The fourth-order valence-electron chi connectivity index (χ4n) is 2.93. The Morgan fingerprint density at radius 1 is 1.53 bits per heavy atom. The van der Waals surface area contributed by atoms with Gasteiger partial charge in [-0.25, -0.2) is 4.98 Å². The third-order valence-corrected chi connectivity index (χ3v) is 4.02. The summed E-state index contributed by atoms with van der Waals surface area (Å²) < 4.78 is 0. The van der Waals surface area contributed by atoms with Gasteiger partial charge in [0.05, 0.1) is 0 Å². The summed E-state index contributed by atoms with van der Waals surface area (Å²) in [6.07, 6.45) is 5.41. The van der Waals surface area contributed by atoms with E-state index in [2.05, 4.69) is 41.9 Å². The highest BCUT2D eigenvalue weighted by Crippen LogP contribution is 2.23. The Morgan fingerprint density at radius 3 is 2.95 bits per heavy atom. The van der Waals surface area contributed by atoms with Crippen molar-refractivity contribution in [2.45, 2.75) is 32.2 Å². The molecule has 0 saturated carbocycles. The molecule has 106 valence electrons. The minimum atomic E-state index is 0.574. The maximum absolute atomic E-state index is 5.60. The van der Waals surface area contributed by atoms with Gasteiger partial charge in [-0.1, -0.05) is 6.07 Å². The largest absolute Gasteiger partial charge is 0.355 e. The first-order valence-electron chi connectivity index (χ1n) is 7.18. The molecule has 2 rings (SSSR count). The number of likely N-dealkylation sites (tertiary alicyclic amines) is 1. The van der Waals surface area contributed by atoms with Crippen LogP contribution in [0, 0.1) is 6.92 Å². The van der Waals surface area contributed by atoms with Crippen LogP contribution in [0.2, 0.25) is 0 Å². The predicted molar refractivity (Wildman–Crippen MR) is 80.7 cm³/mol. The molecule has 0 amide bonds. The quantitative estimate of drug-likeness (QED) is 0.891. The van der Waals surface area contributed by atoms with E-state index in [0.717, 1.165) is 18.8 Å². The van der Waals surface area contributed by atoms with Crippen molar-refractivity contribution < 1.29 is 0 Å². The van der Waals surface area contributed by atoms with Gasteiger partial charge in [0, 0.05) is 25.8 Å². The number of rotatable bonds is 4. The van der Waals surface area contributed by atoms with Crippen LogP contribution < -0.4 is 10.6 Å². The average molecular weight is 262 g/mol. The van der Waals surface area contributed by atoms with Gasteiger partial charge in [-0.2, -0.15) is 0 Å². The van der Waals surface area contributed by atoms with Gasteiger partial charge in [-0.05, 0) is 57.5 Å². The van der Waals surface area contributed by atoms with E-state index in [1.807, 2.05) is 6.20 Å². The molecule has 1 fully saturated rings. The number of hydrogen-bond acceptors (Lipinski definition) is 4. The molecule has 1 aliphatic heterocycles. The highest BCUT2D eigenvalue weighted by Gasteiger charge is 2.22. The summed E-state index contributed by atoms with van der Waals surface area (Å²) in [6, 6.07) is 2.79. The molecule has 2 N–H and O–H groups in total. The molecule has 0 bridgehead atoms. The van der Waals surface area contributed by atoms with Crippen LogP contribution in [0.1, 0.15) is 24.0 Å². The first kappa shape index (κ1) is 14.3. The zero-order chi connectivity index (χ0) is 13.8. The van der Waals surface area contributed by atoms with Crippen molar-refractivity contribution in [3.8, 4) is 0 Å². The summed E-state index contributed by atoms with van der Waals surface area (Å²) in [5, 5.41) is 0. The lowest BCUT2D eigenvalue weighted by molar-refractivity contribution is 0.247. The highest BCUT2D eigenvalue weighted by atomic mass is 15.2. The summed E-state index contributed by atoms with van der Waals surface area (Å²) in [6.45, 7) is 5.17. The Morgan fingerprint density at radius 2 is 2.32 bits per heavy atom. The zero-order valence-electron chi connectivity index (χ0n) is 12.4. The van der Waals surface area contributed by atoms with Crippen molar-refractivity contribution in [1.82, 2.24) is 9.88 Å². The van der Waals surface area contributed by atoms with Crippen LogP contribution in [-0.4, -0.2) is 49.7 Å². The number of aryl methyl sites for hydroxylation is 1. The Hall–Kier alpha value is -1.13. The number of likely N-dealkylation sites (N-methyl/N-ethyl adjacent to an activating group) is 2. The summed E-state index contributed by atoms with van der Waals surface area (Å²) in [7, 11) is 4.37. The van der Waals surface area contributed by atoms with Crippen LogP contribution in [-0.2, 0) is 6.42 Å². The second-order valence-electron chi connectivity index (χ2n) is 5.69. The van der Waals surface area contributed by atoms with E-state index < -0.39 is 0 Å². The third kappa shape index (κ3) is 3.45. The van der Waals surface area contributed by atoms with Crippen molar-refractivity contribution in [3.63, 3.8) is 0 Å². The van der Waals surface area contributed by atoms with Gasteiger partial charge in [0.25, 0.3) is 0 Å². The fourth-order valence-corrected chi connectivity index (χ4v) is 2.93. The minimum absolute atomic E-state index is 0.574. The van der Waals surface area contributed by atoms with Gasteiger partial charge in [-0.3, -0.25) is 0 Å². The van der Waals surface area contributed by atoms with E-state index in [9.17, 15) is 0 Å². The maximum Gasteiger partial charge on any atom is 0.131 e. The Balaban J connectivity index is 2.12. The fraction of sp³-hybridized carbons (Fsp3) is 0.667. The molecule has 1 unspecified atom stereocenters. The van der Waals surface area contributed by atoms with Crippen LogP contribution in [0.5, 0.6) is 0 Å². The van der Waals surface area contributed by atoms with E-state index in [-0.39, 0.29) is 0 Å². The molecule has 19 heavy (non-hydrogen) atoms. The monoisotopic (exact) mass is 262 g/mol. The minimum Gasteiger partial charge on any atom is -0.355 e. The number of pyridine rings is 1. The SMILES string of the molecule is Cc1cc(CCN)cnc1N(C)C1CCCN(C)C1. The molecule has 1 aliphatic rings. The number of nitrogens with two attached hydrogens (primary N) is 1. The number of piperidine rings is 1. The molecule has 0 radical (unpaired) electrons. The summed E-state index contributed by atoms with van der Waals surface area (Å²) in [5.41, 5.74) is 8.08. The number of hydrogen-bond donors (Lipinski definition) is 1. The van der Waals surface area contributed by atoms with E-state index in [0.29, 0.717) is 12.6 Å². The first-order chi connectivity index (χ1) is 9.11. The van der Waals surface area contributed by atoms with Gasteiger partial charge >= 0.3 is 0 Å². The zero-order valence-corrected chi connectivity index (χ0v) is 12.4. The standard InChI is InChI=1S/C15H26N4/c1-12-9-13(6-7-16)10-17-15(12)19(3)14-5-4-8-18(2)11-14/h9-10,14H,4-8,11,16H2,1-3H3. The molecule has 1 aromatic rings. The van der Waals surface area contributed by atoms with Crippen molar-refractivity contribution in [1.29, 1.82) is 0 Å². The van der Waals surface area contributed by atoms with Gasteiger partial charge in [0.1, 0.15) is 5.82 Å². The Labute approximate surface area is 116 Å². The second-order valence-corrected chi connectivity index (χ2v) is 5.69. The molecule has 2 heterocycles. The molecular formula is C15H26N4. The lowest BCUT2D eigenvalue weighted by atomic mass is 10.0. The van der Waals surface area contributed by atoms with E-state index >= 15 is 0 Å². The topological polar surface area (TPSA) is 45.4 Å². The van der Waals surface area contributed by atoms with Gasteiger partial charge in [0.15, 0.2) is 0 Å². The smallest absolute Gasteiger partial charge is 0.131 e. The molecule has 0 aromatic carbocycles. The van der Waals surface area contributed by atoms with Crippen LogP contribution in [0.4, 0.5) is 5.82 Å². The molecule has 4 nitrogen and oxygen atoms in total. The normalized spacial score (nSPS) is 20.5. The van der Waals surface area contributed by atoms with Gasteiger partial charge < -0.3 is 15.5 Å². The first-order valence-corrected chi connectivity index (χ1v) is 7.18. The van der Waals surface area contributed by atoms with Crippen LogP contribution in [0.25, 0.3) is 0 Å². The Bertz CT molecular complexity index is 419. The highest BCUT2D eigenvalue weighted by molar-refractivity contribution is 5.47. The number of anilines is 1. The maximum atomic E-state index is 5.60. The molecule has 1 atom stereocenters. The number of nitrogens with zero attached hydrogens (tertiary/aromatic N) is 3. The van der Waals surface area contributed by atoms with Gasteiger partial charge in [0.2, 0.25) is 0 Å². The van der Waals surface area contributed by atoms with E-state index in [1.165, 1.54) is 30.5 Å². The molecule has 0 aliphatic carbocycles. The number of aromatic nitrogens is 1. The van der Waals surface area contributed by atoms with Crippen molar-refractivity contribution in [3.05, 3.63) is 23.4 Å².